The van der Waals surface area contributed by atoms with E-state index in [4.69, 9.17) is 0 Å². The SMILES string of the molecule is CC(=O)/C=C/C1=C(C)C=CCC1(C)C. The van der Waals surface area contributed by atoms with Crippen LogP contribution in [-0.4, -0.2) is 5.78 Å². The van der Waals surface area contributed by atoms with Gasteiger partial charge in [0.1, 0.15) is 0 Å². The maximum Gasteiger partial charge on any atom is 0.152 e. The van der Waals surface area contributed by atoms with Crippen LogP contribution in [0.2, 0.25) is 0 Å². The first-order valence-corrected chi connectivity index (χ1v) is 5.00. The molecule has 0 amide bonds. The van der Waals surface area contributed by atoms with Crippen molar-refractivity contribution < 1.29 is 4.79 Å². The van der Waals surface area contributed by atoms with Crippen LogP contribution >= 0.6 is 0 Å². The van der Waals surface area contributed by atoms with Gasteiger partial charge in [-0.25, -0.2) is 0 Å². The predicted octanol–water partition coefficient (Wildman–Crippen LogP) is 3.43. The van der Waals surface area contributed by atoms with Crippen molar-refractivity contribution in [3.63, 3.8) is 0 Å². The van der Waals surface area contributed by atoms with Gasteiger partial charge in [0.25, 0.3) is 0 Å². The molecule has 14 heavy (non-hydrogen) atoms. The lowest BCUT2D eigenvalue weighted by Gasteiger charge is -2.29. The lowest BCUT2D eigenvalue weighted by atomic mass is 9.75. The zero-order valence-corrected chi connectivity index (χ0v) is 9.42. The molecule has 1 nitrogen and oxygen atoms in total. The standard InChI is InChI=1S/C13H18O/c1-10-6-5-9-13(3,4)12(10)8-7-11(2)14/h5-8H,9H2,1-4H3/b8-7+. The Morgan fingerprint density at radius 3 is 2.64 bits per heavy atom. The topological polar surface area (TPSA) is 17.1 Å². The smallest absolute Gasteiger partial charge is 0.152 e. The van der Waals surface area contributed by atoms with Crippen LogP contribution in [0.1, 0.15) is 34.1 Å². The van der Waals surface area contributed by atoms with Crippen LogP contribution in [0.15, 0.2) is 35.5 Å². The largest absolute Gasteiger partial charge is 0.295 e. The second kappa shape index (κ2) is 3.95. The van der Waals surface area contributed by atoms with Gasteiger partial charge in [-0.05, 0) is 42.9 Å². The summed E-state index contributed by atoms with van der Waals surface area (Å²) in [5.41, 5.74) is 2.69. The number of hydrogen-bond acceptors (Lipinski definition) is 1. The third-order valence-electron chi connectivity index (χ3n) is 2.63. The first-order chi connectivity index (χ1) is 6.43. The molecule has 0 aromatic carbocycles. The maximum absolute atomic E-state index is 10.9. The number of allylic oxidation sites excluding steroid dienone is 6. The molecule has 0 aliphatic heterocycles. The number of rotatable bonds is 2. The van der Waals surface area contributed by atoms with Crippen LogP contribution in [0.5, 0.6) is 0 Å². The van der Waals surface area contributed by atoms with Gasteiger partial charge in [0.05, 0.1) is 0 Å². The molecule has 0 heterocycles. The molecule has 0 aromatic heterocycles. The van der Waals surface area contributed by atoms with Gasteiger partial charge in [-0.2, -0.15) is 0 Å². The van der Waals surface area contributed by atoms with Gasteiger partial charge in [-0.3, -0.25) is 4.79 Å². The molecular formula is C13H18O. The summed E-state index contributed by atoms with van der Waals surface area (Å²) in [6.45, 7) is 8.09. The molecule has 0 aromatic rings. The molecule has 0 radical (unpaired) electrons. The Bertz CT molecular complexity index is 327. The molecule has 76 valence electrons. The minimum absolute atomic E-state index is 0.107. The minimum atomic E-state index is 0.107. The van der Waals surface area contributed by atoms with E-state index in [-0.39, 0.29) is 11.2 Å². The van der Waals surface area contributed by atoms with E-state index in [9.17, 15) is 4.79 Å². The summed E-state index contributed by atoms with van der Waals surface area (Å²) in [4.78, 5) is 10.9. The lowest BCUT2D eigenvalue weighted by Crippen LogP contribution is -2.16. The van der Waals surface area contributed by atoms with Crippen molar-refractivity contribution in [1.82, 2.24) is 0 Å². The molecule has 0 spiro atoms. The Balaban J connectivity index is 3.02. The van der Waals surface area contributed by atoms with E-state index in [1.54, 1.807) is 13.0 Å². The second-order valence-electron chi connectivity index (χ2n) is 4.53. The van der Waals surface area contributed by atoms with Crippen molar-refractivity contribution in [2.75, 3.05) is 0 Å². The zero-order chi connectivity index (χ0) is 10.8. The van der Waals surface area contributed by atoms with Crippen LogP contribution < -0.4 is 0 Å². The van der Waals surface area contributed by atoms with Gasteiger partial charge < -0.3 is 0 Å². The Kier molecular flexibility index (Phi) is 3.10. The van der Waals surface area contributed by atoms with E-state index in [0.717, 1.165) is 6.42 Å². The van der Waals surface area contributed by atoms with Gasteiger partial charge in [-0.15, -0.1) is 0 Å². The monoisotopic (exact) mass is 190 g/mol. The van der Waals surface area contributed by atoms with Crippen molar-refractivity contribution in [2.24, 2.45) is 5.41 Å². The summed E-state index contributed by atoms with van der Waals surface area (Å²) in [5, 5.41) is 0. The average molecular weight is 190 g/mol. The first kappa shape index (κ1) is 11.0. The van der Waals surface area contributed by atoms with E-state index in [0.29, 0.717) is 0 Å². The highest BCUT2D eigenvalue weighted by Gasteiger charge is 2.23. The first-order valence-electron chi connectivity index (χ1n) is 5.00. The predicted molar refractivity (Wildman–Crippen MR) is 60.1 cm³/mol. The summed E-state index contributed by atoms with van der Waals surface area (Å²) in [6.07, 6.45) is 8.98. The van der Waals surface area contributed by atoms with E-state index < -0.39 is 0 Å². The molecule has 0 saturated heterocycles. The maximum atomic E-state index is 10.9. The highest BCUT2D eigenvalue weighted by Crippen LogP contribution is 2.37. The molecule has 0 atom stereocenters. The third kappa shape index (κ3) is 2.44. The van der Waals surface area contributed by atoms with Crippen molar-refractivity contribution in [3.05, 3.63) is 35.5 Å². The molecule has 0 bridgehead atoms. The highest BCUT2D eigenvalue weighted by molar-refractivity contribution is 5.87. The molecule has 1 aliphatic carbocycles. The van der Waals surface area contributed by atoms with Crippen molar-refractivity contribution in [3.8, 4) is 0 Å². The van der Waals surface area contributed by atoms with E-state index in [2.05, 4.69) is 32.9 Å². The molecule has 1 aliphatic rings. The van der Waals surface area contributed by atoms with Crippen molar-refractivity contribution >= 4 is 5.78 Å². The van der Waals surface area contributed by atoms with E-state index in [1.165, 1.54) is 11.1 Å². The van der Waals surface area contributed by atoms with Crippen molar-refractivity contribution in [1.29, 1.82) is 0 Å². The fourth-order valence-electron chi connectivity index (χ4n) is 1.82. The van der Waals surface area contributed by atoms with Crippen LogP contribution in [-0.2, 0) is 4.79 Å². The molecule has 0 fully saturated rings. The van der Waals surface area contributed by atoms with Crippen LogP contribution in [0, 0.1) is 5.41 Å². The molecular weight excluding hydrogens is 172 g/mol. The Morgan fingerprint density at radius 2 is 2.14 bits per heavy atom. The van der Waals surface area contributed by atoms with Crippen LogP contribution in [0.3, 0.4) is 0 Å². The van der Waals surface area contributed by atoms with E-state index >= 15 is 0 Å². The van der Waals surface area contributed by atoms with E-state index in [1.807, 2.05) is 6.08 Å². The Hall–Kier alpha value is -1.11. The average Bonchev–Trinajstić information content (AvgIpc) is 2.01. The lowest BCUT2D eigenvalue weighted by molar-refractivity contribution is -0.112. The highest BCUT2D eigenvalue weighted by atomic mass is 16.1. The van der Waals surface area contributed by atoms with Crippen molar-refractivity contribution in [2.45, 2.75) is 34.1 Å². The zero-order valence-electron chi connectivity index (χ0n) is 9.42. The van der Waals surface area contributed by atoms with Crippen LogP contribution in [0.4, 0.5) is 0 Å². The second-order valence-corrected chi connectivity index (χ2v) is 4.53. The summed E-state index contributed by atoms with van der Waals surface area (Å²) in [6, 6.07) is 0. The molecule has 0 N–H and O–H groups in total. The molecule has 1 rings (SSSR count). The summed E-state index contributed by atoms with van der Waals surface area (Å²) in [7, 11) is 0. The normalized spacial score (nSPS) is 20.6. The summed E-state index contributed by atoms with van der Waals surface area (Å²) >= 11 is 0. The number of carbonyl (C=O) groups is 1. The molecule has 1 heteroatoms. The number of hydrogen-bond donors (Lipinski definition) is 0. The van der Waals surface area contributed by atoms with Gasteiger partial charge in [0, 0.05) is 0 Å². The molecule has 0 saturated carbocycles. The van der Waals surface area contributed by atoms with Gasteiger partial charge in [0.15, 0.2) is 5.78 Å². The third-order valence-corrected chi connectivity index (χ3v) is 2.63. The Morgan fingerprint density at radius 1 is 1.50 bits per heavy atom. The van der Waals surface area contributed by atoms with Gasteiger partial charge >= 0.3 is 0 Å². The number of carbonyl (C=O) groups excluding carboxylic acids is 1. The number of ketones is 1. The fourth-order valence-corrected chi connectivity index (χ4v) is 1.82. The van der Waals surface area contributed by atoms with Gasteiger partial charge in [0.2, 0.25) is 0 Å². The molecule has 0 unspecified atom stereocenters. The summed E-state index contributed by atoms with van der Waals surface area (Å²) in [5.74, 6) is 0.107. The van der Waals surface area contributed by atoms with Gasteiger partial charge in [-0.1, -0.05) is 32.1 Å². The quantitative estimate of drug-likeness (QED) is 0.610. The summed E-state index contributed by atoms with van der Waals surface area (Å²) < 4.78 is 0. The van der Waals surface area contributed by atoms with Crippen LogP contribution in [0.25, 0.3) is 0 Å². The minimum Gasteiger partial charge on any atom is -0.295 e. The fraction of sp³-hybridized carbons (Fsp3) is 0.462. The Labute approximate surface area is 86.2 Å².